The molecule has 0 amide bonds. The number of hydrogen-bond acceptors (Lipinski definition) is 5. The maximum absolute atomic E-state index is 6.13. The van der Waals surface area contributed by atoms with Gasteiger partial charge in [-0.3, -0.25) is 0 Å². The average Bonchev–Trinajstić information content (AvgIpc) is 3.05. The van der Waals surface area contributed by atoms with E-state index in [1.54, 1.807) is 7.11 Å². The monoisotopic (exact) mass is 379 g/mol. The molecule has 2 N–H and O–H groups in total. The quantitative estimate of drug-likeness (QED) is 0.624. The molecule has 0 aliphatic rings. The number of nitrogens with zero attached hydrogens (tertiary/aromatic N) is 4. The molecule has 0 saturated carbocycles. The SMILES string of the molecule is CCCCc1nc2c(N)nnc(/C=C/C(C)C)c2n1Cc1ccc(OC)cc1. The third-order valence-electron chi connectivity index (χ3n) is 4.69. The fraction of sp³-hybridized carbons (Fsp3) is 0.409. The third-order valence-corrected chi connectivity index (χ3v) is 4.69. The zero-order valence-electron chi connectivity index (χ0n) is 17.1. The molecule has 0 saturated heterocycles. The zero-order chi connectivity index (χ0) is 20.1. The molecule has 2 aromatic heterocycles. The number of methoxy groups -OCH3 is 1. The van der Waals surface area contributed by atoms with Crippen molar-refractivity contribution in [2.75, 3.05) is 12.8 Å². The maximum Gasteiger partial charge on any atom is 0.174 e. The normalized spacial score (nSPS) is 11.8. The van der Waals surface area contributed by atoms with Gasteiger partial charge in [0.1, 0.15) is 28.3 Å². The Morgan fingerprint density at radius 1 is 1.18 bits per heavy atom. The molecular weight excluding hydrogens is 350 g/mol. The van der Waals surface area contributed by atoms with E-state index in [-0.39, 0.29) is 0 Å². The molecule has 0 aliphatic carbocycles. The van der Waals surface area contributed by atoms with Crippen LogP contribution in [0.1, 0.15) is 50.7 Å². The average molecular weight is 380 g/mol. The molecule has 3 rings (SSSR count). The molecule has 0 unspecified atom stereocenters. The van der Waals surface area contributed by atoms with Crippen LogP contribution in [-0.2, 0) is 13.0 Å². The minimum absolute atomic E-state index is 0.378. The molecule has 0 bridgehead atoms. The van der Waals surface area contributed by atoms with Gasteiger partial charge in [-0.25, -0.2) is 4.98 Å². The lowest BCUT2D eigenvalue weighted by molar-refractivity contribution is 0.414. The molecule has 3 aromatic rings. The number of aryl methyl sites for hydroxylation is 1. The van der Waals surface area contributed by atoms with Crippen LogP contribution in [0.3, 0.4) is 0 Å². The predicted octanol–water partition coefficient (Wildman–Crippen LogP) is 4.48. The number of imidazole rings is 1. The Kier molecular flexibility index (Phi) is 6.29. The highest BCUT2D eigenvalue weighted by molar-refractivity contribution is 5.90. The highest BCUT2D eigenvalue weighted by Crippen LogP contribution is 2.26. The first-order chi connectivity index (χ1) is 13.5. The number of rotatable bonds is 8. The summed E-state index contributed by atoms with van der Waals surface area (Å²) in [5.41, 5.74) is 9.80. The van der Waals surface area contributed by atoms with Crippen LogP contribution < -0.4 is 10.5 Å². The summed E-state index contributed by atoms with van der Waals surface area (Å²) >= 11 is 0. The molecule has 28 heavy (non-hydrogen) atoms. The van der Waals surface area contributed by atoms with Gasteiger partial charge in [-0.05, 0) is 36.1 Å². The van der Waals surface area contributed by atoms with Gasteiger partial charge in [0.25, 0.3) is 0 Å². The van der Waals surface area contributed by atoms with Crippen LogP contribution in [0.2, 0.25) is 0 Å². The molecule has 2 heterocycles. The van der Waals surface area contributed by atoms with E-state index in [9.17, 15) is 0 Å². The molecule has 0 aliphatic heterocycles. The number of ether oxygens (including phenoxy) is 1. The van der Waals surface area contributed by atoms with Gasteiger partial charge in [0, 0.05) is 13.0 Å². The van der Waals surface area contributed by atoms with Gasteiger partial charge in [0.05, 0.1) is 7.11 Å². The van der Waals surface area contributed by atoms with E-state index in [4.69, 9.17) is 15.5 Å². The highest BCUT2D eigenvalue weighted by atomic mass is 16.5. The second kappa shape index (κ2) is 8.87. The molecule has 0 atom stereocenters. The van der Waals surface area contributed by atoms with Crippen LogP contribution in [0, 0.1) is 5.92 Å². The van der Waals surface area contributed by atoms with E-state index < -0.39 is 0 Å². The van der Waals surface area contributed by atoms with E-state index in [1.807, 2.05) is 18.2 Å². The zero-order valence-corrected chi connectivity index (χ0v) is 17.1. The first-order valence-electron chi connectivity index (χ1n) is 9.85. The molecule has 148 valence electrons. The Hall–Kier alpha value is -2.89. The molecule has 0 fully saturated rings. The Morgan fingerprint density at radius 2 is 1.93 bits per heavy atom. The summed E-state index contributed by atoms with van der Waals surface area (Å²) in [7, 11) is 1.68. The van der Waals surface area contributed by atoms with Gasteiger partial charge in [0.15, 0.2) is 5.82 Å². The van der Waals surface area contributed by atoms with E-state index in [0.29, 0.717) is 18.3 Å². The minimum Gasteiger partial charge on any atom is -0.497 e. The van der Waals surface area contributed by atoms with Crippen molar-refractivity contribution in [2.45, 2.75) is 46.6 Å². The topological polar surface area (TPSA) is 78.9 Å². The minimum atomic E-state index is 0.378. The number of nitrogens with two attached hydrogens (primary N) is 1. The van der Waals surface area contributed by atoms with Crippen molar-refractivity contribution in [3.05, 3.63) is 47.4 Å². The van der Waals surface area contributed by atoms with Gasteiger partial charge >= 0.3 is 0 Å². The molecule has 0 radical (unpaired) electrons. The van der Waals surface area contributed by atoms with Gasteiger partial charge in [-0.1, -0.05) is 45.4 Å². The van der Waals surface area contributed by atoms with Crippen LogP contribution >= 0.6 is 0 Å². The van der Waals surface area contributed by atoms with Crippen LogP contribution in [0.4, 0.5) is 5.82 Å². The Bertz CT molecular complexity index is 957. The number of hydrogen-bond donors (Lipinski definition) is 1. The van der Waals surface area contributed by atoms with Crippen molar-refractivity contribution < 1.29 is 4.74 Å². The van der Waals surface area contributed by atoms with Gasteiger partial charge < -0.3 is 15.0 Å². The van der Waals surface area contributed by atoms with Gasteiger partial charge in [-0.2, -0.15) is 0 Å². The lowest BCUT2D eigenvalue weighted by atomic mass is 10.1. The van der Waals surface area contributed by atoms with E-state index in [0.717, 1.165) is 47.6 Å². The molecule has 6 heteroatoms. The van der Waals surface area contributed by atoms with Gasteiger partial charge in [0.2, 0.25) is 0 Å². The largest absolute Gasteiger partial charge is 0.497 e. The number of benzene rings is 1. The Labute approximate surface area is 166 Å². The summed E-state index contributed by atoms with van der Waals surface area (Å²) in [6, 6.07) is 8.12. The standard InChI is InChI=1S/C22H29N5O/c1-5-6-7-19-24-20-21(18(13-8-15(2)3)25-26-22(20)23)27(19)14-16-9-11-17(28-4)12-10-16/h8-13,15H,5-7,14H2,1-4H3,(H2,23,26)/b13-8+. The summed E-state index contributed by atoms with van der Waals surface area (Å²) < 4.78 is 7.51. The van der Waals surface area contributed by atoms with Crippen LogP contribution in [-0.4, -0.2) is 26.9 Å². The lowest BCUT2D eigenvalue weighted by Crippen LogP contribution is -2.07. The summed E-state index contributed by atoms with van der Waals surface area (Å²) in [6.07, 6.45) is 7.22. The van der Waals surface area contributed by atoms with E-state index in [2.05, 4.69) is 53.7 Å². The number of aromatic nitrogens is 4. The number of fused-ring (bicyclic) bond motifs is 1. The number of anilines is 1. The van der Waals surface area contributed by atoms with Crippen molar-refractivity contribution in [3.63, 3.8) is 0 Å². The van der Waals surface area contributed by atoms with Gasteiger partial charge in [-0.15, -0.1) is 10.2 Å². The maximum atomic E-state index is 6.13. The third kappa shape index (κ3) is 4.32. The highest BCUT2D eigenvalue weighted by Gasteiger charge is 2.17. The second-order valence-corrected chi connectivity index (χ2v) is 7.34. The Balaban J connectivity index is 2.13. The van der Waals surface area contributed by atoms with E-state index in [1.165, 1.54) is 5.56 Å². The smallest absolute Gasteiger partial charge is 0.174 e. The number of unbranched alkanes of at least 4 members (excludes halogenated alkanes) is 1. The number of nitrogen functional groups attached to an aromatic ring is 1. The molecule has 1 aromatic carbocycles. The van der Waals surface area contributed by atoms with Crippen molar-refractivity contribution in [1.82, 2.24) is 19.7 Å². The summed E-state index contributed by atoms with van der Waals surface area (Å²) in [6.45, 7) is 7.16. The first-order valence-corrected chi connectivity index (χ1v) is 9.85. The van der Waals surface area contributed by atoms with Crippen molar-refractivity contribution in [3.8, 4) is 5.75 Å². The van der Waals surface area contributed by atoms with Crippen molar-refractivity contribution in [2.24, 2.45) is 5.92 Å². The van der Waals surface area contributed by atoms with Crippen LogP contribution in [0.5, 0.6) is 5.75 Å². The number of allylic oxidation sites excluding steroid dienone is 1. The first kappa shape index (κ1) is 19.9. The summed E-state index contributed by atoms with van der Waals surface area (Å²) in [5, 5.41) is 8.49. The van der Waals surface area contributed by atoms with E-state index >= 15 is 0 Å². The summed E-state index contributed by atoms with van der Waals surface area (Å²) in [4.78, 5) is 4.84. The fourth-order valence-corrected chi connectivity index (χ4v) is 3.15. The fourth-order valence-electron chi connectivity index (χ4n) is 3.15. The van der Waals surface area contributed by atoms with Crippen LogP contribution in [0.25, 0.3) is 17.1 Å². The molecular formula is C22H29N5O. The predicted molar refractivity (Wildman–Crippen MR) is 114 cm³/mol. The second-order valence-electron chi connectivity index (χ2n) is 7.34. The molecule has 0 spiro atoms. The molecule has 6 nitrogen and oxygen atoms in total. The summed E-state index contributed by atoms with van der Waals surface area (Å²) in [5.74, 6) is 2.67. The Morgan fingerprint density at radius 3 is 2.57 bits per heavy atom. The van der Waals surface area contributed by atoms with Crippen molar-refractivity contribution >= 4 is 22.9 Å². The van der Waals surface area contributed by atoms with Crippen molar-refractivity contribution in [1.29, 1.82) is 0 Å². The van der Waals surface area contributed by atoms with Crippen LogP contribution in [0.15, 0.2) is 30.3 Å². The lowest BCUT2D eigenvalue weighted by Gasteiger charge is -2.11.